The molecule has 1 aromatic heterocycles. The molecule has 0 saturated heterocycles. The van der Waals surface area contributed by atoms with Crippen LogP contribution in [0.25, 0.3) is 0 Å². The van der Waals surface area contributed by atoms with Crippen LogP contribution in [0.5, 0.6) is 5.75 Å². The Morgan fingerprint density at radius 2 is 1.89 bits per heavy atom. The molecule has 0 bridgehead atoms. The first-order valence-electron chi connectivity index (χ1n) is 8.33. The minimum absolute atomic E-state index is 0.0683. The highest BCUT2D eigenvalue weighted by Gasteiger charge is 2.11. The first-order chi connectivity index (χ1) is 13.5. The molecule has 0 spiro atoms. The third-order valence-corrected chi connectivity index (χ3v) is 4.27. The maximum atomic E-state index is 13.8. The molecule has 3 rings (SSSR count). The second-order valence-electron chi connectivity index (χ2n) is 6.03. The number of nitrogens with zero attached hydrogens (tertiary/aromatic N) is 1. The first-order valence-corrected chi connectivity index (χ1v) is 8.71. The molecule has 0 aliphatic carbocycles. The van der Waals surface area contributed by atoms with Crippen molar-refractivity contribution in [1.82, 2.24) is 4.98 Å². The maximum Gasteiger partial charge on any atom is 0.339 e. The van der Waals surface area contributed by atoms with E-state index in [0.717, 1.165) is 17.2 Å². The fourth-order valence-electron chi connectivity index (χ4n) is 2.65. The van der Waals surface area contributed by atoms with Crippen LogP contribution in [0.1, 0.15) is 27.0 Å². The summed E-state index contributed by atoms with van der Waals surface area (Å²) in [5.41, 5.74) is 2.05. The number of carbonyl (C=O) groups is 1. The molecular formula is C21H16ClF2NO3. The third kappa shape index (κ3) is 4.84. The summed E-state index contributed by atoms with van der Waals surface area (Å²) >= 11 is 6.10. The smallest absolute Gasteiger partial charge is 0.339 e. The van der Waals surface area contributed by atoms with Crippen molar-refractivity contribution in [3.63, 3.8) is 0 Å². The summed E-state index contributed by atoms with van der Waals surface area (Å²) in [6, 6.07) is 10.1. The molecule has 0 fully saturated rings. The Hall–Kier alpha value is -2.99. The van der Waals surface area contributed by atoms with Gasteiger partial charge in [-0.1, -0.05) is 11.6 Å². The lowest BCUT2D eigenvalue weighted by atomic mass is 10.0. The Kier molecular flexibility index (Phi) is 6.21. The molecule has 0 N–H and O–H groups in total. The van der Waals surface area contributed by atoms with E-state index in [9.17, 15) is 13.6 Å². The van der Waals surface area contributed by atoms with Gasteiger partial charge in [0.2, 0.25) is 0 Å². The Morgan fingerprint density at radius 1 is 1.07 bits per heavy atom. The number of pyridine rings is 1. The van der Waals surface area contributed by atoms with E-state index in [2.05, 4.69) is 4.98 Å². The minimum Gasteiger partial charge on any atom is -0.489 e. The number of ether oxygens (including phenoxy) is 2. The van der Waals surface area contributed by atoms with Gasteiger partial charge in [0.1, 0.15) is 24.0 Å². The predicted octanol–water partition coefficient (Wildman–Crippen LogP) is 4.97. The van der Waals surface area contributed by atoms with Crippen molar-refractivity contribution >= 4 is 17.6 Å². The van der Waals surface area contributed by atoms with Crippen molar-refractivity contribution in [2.75, 3.05) is 7.11 Å². The highest BCUT2D eigenvalue weighted by Crippen LogP contribution is 2.27. The van der Waals surface area contributed by atoms with Crippen LogP contribution >= 0.6 is 11.6 Å². The van der Waals surface area contributed by atoms with E-state index in [-0.39, 0.29) is 12.2 Å². The number of hydrogen-bond acceptors (Lipinski definition) is 4. The molecule has 28 heavy (non-hydrogen) atoms. The highest BCUT2D eigenvalue weighted by atomic mass is 35.5. The number of carbonyl (C=O) groups excluding carboxylic acids is 1. The zero-order valence-corrected chi connectivity index (χ0v) is 15.7. The van der Waals surface area contributed by atoms with Crippen LogP contribution in [-0.4, -0.2) is 18.1 Å². The predicted molar refractivity (Wildman–Crippen MR) is 101 cm³/mol. The van der Waals surface area contributed by atoms with Crippen LogP contribution < -0.4 is 4.74 Å². The highest BCUT2D eigenvalue weighted by molar-refractivity contribution is 6.30. The van der Waals surface area contributed by atoms with Crippen LogP contribution in [0.4, 0.5) is 8.78 Å². The average Bonchev–Trinajstić information content (AvgIpc) is 2.68. The summed E-state index contributed by atoms with van der Waals surface area (Å²) < 4.78 is 37.3. The van der Waals surface area contributed by atoms with Crippen molar-refractivity contribution in [2.45, 2.75) is 13.0 Å². The van der Waals surface area contributed by atoms with E-state index in [1.807, 2.05) is 0 Å². The van der Waals surface area contributed by atoms with Gasteiger partial charge in [-0.05, 0) is 42.0 Å². The third-order valence-electron chi connectivity index (χ3n) is 4.03. The van der Waals surface area contributed by atoms with Crippen LogP contribution in [0.15, 0.2) is 54.9 Å². The molecule has 1 heterocycles. The topological polar surface area (TPSA) is 48.4 Å². The largest absolute Gasteiger partial charge is 0.489 e. The Morgan fingerprint density at radius 3 is 2.64 bits per heavy atom. The van der Waals surface area contributed by atoms with Crippen LogP contribution in [0, 0.1) is 11.6 Å². The van der Waals surface area contributed by atoms with Gasteiger partial charge >= 0.3 is 5.97 Å². The van der Waals surface area contributed by atoms with Crippen molar-refractivity contribution in [2.24, 2.45) is 0 Å². The molecule has 0 saturated carbocycles. The molecule has 0 amide bonds. The lowest BCUT2D eigenvalue weighted by molar-refractivity contribution is 0.0600. The van der Waals surface area contributed by atoms with E-state index < -0.39 is 17.6 Å². The second-order valence-corrected chi connectivity index (χ2v) is 6.46. The fraction of sp³-hybridized carbons (Fsp3) is 0.143. The van der Waals surface area contributed by atoms with E-state index in [4.69, 9.17) is 21.1 Å². The molecule has 3 aromatic rings. The van der Waals surface area contributed by atoms with E-state index >= 15 is 0 Å². The Labute approximate surface area is 165 Å². The summed E-state index contributed by atoms with van der Waals surface area (Å²) in [6.45, 7) is -0.0683. The van der Waals surface area contributed by atoms with Gasteiger partial charge in [-0.3, -0.25) is 4.98 Å². The lowest BCUT2D eigenvalue weighted by Gasteiger charge is -2.13. The number of esters is 1. The van der Waals surface area contributed by atoms with Gasteiger partial charge in [0, 0.05) is 41.0 Å². The molecule has 7 heteroatoms. The number of rotatable bonds is 6. The maximum absolute atomic E-state index is 13.8. The number of methoxy groups -OCH3 is 1. The molecule has 144 valence electrons. The van der Waals surface area contributed by atoms with Gasteiger partial charge in [0.15, 0.2) is 0 Å². The van der Waals surface area contributed by atoms with Gasteiger partial charge in [-0.15, -0.1) is 0 Å². The second kappa shape index (κ2) is 8.80. The van der Waals surface area contributed by atoms with Gasteiger partial charge in [0.05, 0.1) is 12.7 Å². The van der Waals surface area contributed by atoms with Crippen molar-refractivity contribution in [3.8, 4) is 5.75 Å². The normalized spacial score (nSPS) is 10.6. The first kappa shape index (κ1) is 19.8. The number of aromatic nitrogens is 1. The van der Waals surface area contributed by atoms with Crippen molar-refractivity contribution < 1.29 is 23.0 Å². The summed E-state index contributed by atoms with van der Waals surface area (Å²) in [6.07, 6.45) is 3.43. The van der Waals surface area contributed by atoms with E-state index in [1.54, 1.807) is 30.5 Å². The molecule has 0 unspecified atom stereocenters. The van der Waals surface area contributed by atoms with Crippen LogP contribution in [0.3, 0.4) is 0 Å². The zero-order chi connectivity index (χ0) is 20.1. The SMILES string of the molecule is COC(=O)c1cncc(Cc2cc(Cl)ccc2OCc2ccc(F)cc2F)c1. The zero-order valence-electron chi connectivity index (χ0n) is 14.9. The fourth-order valence-corrected chi connectivity index (χ4v) is 2.85. The van der Waals surface area contributed by atoms with E-state index in [0.29, 0.717) is 22.8 Å². The molecule has 0 aliphatic heterocycles. The van der Waals surface area contributed by atoms with Gasteiger partial charge in [-0.2, -0.15) is 0 Å². The molecule has 4 nitrogen and oxygen atoms in total. The van der Waals surface area contributed by atoms with E-state index in [1.165, 1.54) is 25.4 Å². The summed E-state index contributed by atoms with van der Waals surface area (Å²) in [7, 11) is 1.30. The molecule has 0 atom stereocenters. The average molecular weight is 404 g/mol. The standard InChI is InChI=1S/C21H16ClF2NO3/c1-27-21(26)16-7-13(10-25-11-16)6-15-8-17(22)3-5-20(15)28-12-14-2-4-18(23)9-19(14)24/h2-5,7-11H,6,12H2,1H3. The Balaban J connectivity index is 1.82. The van der Waals surface area contributed by atoms with Crippen molar-refractivity contribution in [1.29, 1.82) is 0 Å². The molecule has 0 radical (unpaired) electrons. The van der Waals surface area contributed by atoms with Gasteiger partial charge in [-0.25, -0.2) is 13.6 Å². The number of benzene rings is 2. The molecule has 0 aliphatic rings. The Bertz CT molecular complexity index is 1010. The van der Waals surface area contributed by atoms with Gasteiger partial charge in [0.25, 0.3) is 0 Å². The van der Waals surface area contributed by atoms with Crippen molar-refractivity contribution in [3.05, 3.63) is 93.8 Å². The summed E-state index contributed by atoms with van der Waals surface area (Å²) in [5.74, 6) is -1.31. The monoisotopic (exact) mass is 403 g/mol. The number of hydrogen-bond donors (Lipinski definition) is 0. The van der Waals surface area contributed by atoms with Crippen LogP contribution in [0.2, 0.25) is 5.02 Å². The molecular weight excluding hydrogens is 388 g/mol. The lowest BCUT2D eigenvalue weighted by Crippen LogP contribution is -2.04. The summed E-state index contributed by atoms with van der Waals surface area (Å²) in [4.78, 5) is 15.7. The molecule has 2 aromatic carbocycles. The van der Waals surface area contributed by atoms with Crippen LogP contribution in [-0.2, 0) is 17.8 Å². The number of halogens is 3. The quantitative estimate of drug-likeness (QED) is 0.545. The summed E-state index contributed by atoms with van der Waals surface area (Å²) in [5, 5.41) is 0.507. The van der Waals surface area contributed by atoms with Gasteiger partial charge < -0.3 is 9.47 Å². The minimum atomic E-state index is -0.675.